The molecule has 1 aliphatic heterocycles. The minimum Gasteiger partial charge on any atom is -0.369 e. The highest BCUT2D eigenvalue weighted by molar-refractivity contribution is 5.50. The Morgan fingerprint density at radius 1 is 1.28 bits per heavy atom. The van der Waals surface area contributed by atoms with Crippen molar-refractivity contribution in [1.82, 2.24) is 0 Å². The summed E-state index contributed by atoms with van der Waals surface area (Å²) < 4.78 is 14.2. The lowest BCUT2D eigenvalue weighted by molar-refractivity contribution is 0.354. The van der Waals surface area contributed by atoms with E-state index in [9.17, 15) is 4.39 Å². The Labute approximate surface area is 109 Å². The molecule has 3 atom stereocenters. The molecule has 0 amide bonds. The summed E-state index contributed by atoms with van der Waals surface area (Å²) >= 11 is 0. The van der Waals surface area contributed by atoms with E-state index in [4.69, 9.17) is 5.73 Å². The molecule has 2 N–H and O–H groups in total. The fourth-order valence-electron chi connectivity index (χ4n) is 2.92. The number of piperidine rings is 1. The Kier molecular flexibility index (Phi) is 3.91. The third kappa shape index (κ3) is 2.83. The molecule has 18 heavy (non-hydrogen) atoms. The first-order chi connectivity index (χ1) is 8.47. The minimum atomic E-state index is -0.147. The molecule has 1 saturated heterocycles. The molecule has 0 spiro atoms. The summed E-state index contributed by atoms with van der Waals surface area (Å²) in [6.07, 6.45) is 1.23. The van der Waals surface area contributed by atoms with Crippen LogP contribution in [0.3, 0.4) is 0 Å². The van der Waals surface area contributed by atoms with Gasteiger partial charge in [-0.3, -0.25) is 0 Å². The van der Waals surface area contributed by atoms with Gasteiger partial charge in [-0.1, -0.05) is 19.9 Å². The van der Waals surface area contributed by atoms with Crippen LogP contribution in [-0.2, 0) is 0 Å². The number of hydrogen-bond donors (Lipinski definition) is 1. The van der Waals surface area contributed by atoms with Crippen LogP contribution in [0.5, 0.6) is 0 Å². The Bertz CT molecular complexity index is 407. The van der Waals surface area contributed by atoms with Crippen molar-refractivity contribution in [3.8, 4) is 0 Å². The van der Waals surface area contributed by atoms with Gasteiger partial charge in [-0.15, -0.1) is 0 Å². The SMILES string of the molecule is CC1CC(C)CN(c2ccc([C@H](C)N)cc2F)C1. The van der Waals surface area contributed by atoms with Crippen molar-refractivity contribution in [1.29, 1.82) is 0 Å². The van der Waals surface area contributed by atoms with Gasteiger partial charge in [0.1, 0.15) is 5.82 Å². The van der Waals surface area contributed by atoms with Crippen molar-refractivity contribution in [3.05, 3.63) is 29.6 Å². The standard InChI is InChI=1S/C15H23FN2/c1-10-6-11(2)9-18(8-10)15-5-4-13(12(3)17)7-14(15)16/h4-5,7,10-12H,6,8-9,17H2,1-3H3/t10?,11?,12-/m0/s1. The van der Waals surface area contributed by atoms with Crippen LogP contribution in [0.15, 0.2) is 18.2 Å². The van der Waals surface area contributed by atoms with Crippen molar-refractivity contribution in [2.75, 3.05) is 18.0 Å². The number of halogens is 1. The van der Waals surface area contributed by atoms with Gasteiger partial charge in [0.2, 0.25) is 0 Å². The third-order valence-electron chi connectivity index (χ3n) is 3.71. The molecule has 1 aromatic rings. The van der Waals surface area contributed by atoms with Crippen LogP contribution in [0.2, 0.25) is 0 Å². The zero-order valence-electron chi connectivity index (χ0n) is 11.5. The second kappa shape index (κ2) is 5.27. The van der Waals surface area contributed by atoms with E-state index in [0.717, 1.165) is 24.3 Å². The summed E-state index contributed by atoms with van der Waals surface area (Å²) in [6.45, 7) is 8.23. The molecule has 0 radical (unpaired) electrons. The molecule has 1 fully saturated rings. The normalized spacial score (nSPS) is 26.2. The highest BCUT2D eigenvalue weighted by atomic mass is 19.1. The van der Waals surface area contributed by atoms with Gasteiger partial charge < -0.3 is 10.6 Å². The monoisotopic (exact) mass is 250 g/mol. The molecule has 100 valence electrons. The number of anilines is 1. The molecular formula is C15H23FN2. The van der Waals surface area contributed by atoms with E-state index in [-0.39, 0.29) is 11.9 Å². The van der Waals surface area contributed by atoms with Crippen LogP contribution in [0, 0.1) is 17.7 Å². The molecule has 0 aliphatic carbocycles. The van der Waals surface area contributed by atoms with Gasteiger partial charge in [-0.2, -0.15) is 0 Å². The van der Waals surface area contributed by atoms with Crippen LogP contribution in [0.1, 0.15) is 38.8 Å². The molecule has 1 aromatic carbocycles. The zero-order chi connectivity index (χ0) is 13.3. The molecule has 0 saturated carbocycles. The Balaban J connectivity index is 2.22. The maximum Gasteiger partial charge on any atom is 0.146 e. The number of nitrogens with two attached hydrogens (primary N) is 1. The van der Waals surface area contributed by atoms with Crippen LogP contribution in [0.4, 0.5) is 10.1 Å². The van der Waals surface area contributed by atoms with E-state index in [1.54, 1.807) is 6.07 Å². The van der Waals surface area contributed by atoms with Gasteiger partial charge in [0, 0.05) is 19.1 Å². The first kappa shape index (κ1) is 13.3. The molecule has 2 rings (SSSR count). The lowest BCUT2D eigenvalue weighted by Crippen LogP contribution is -2.39. The molecule has 0 aromatic heterocycles. The average molecular weight is 250 g/mol. The molecule has 0 bridgehead atoms. The van der Waals surface area contributed by atoms with Crippen LogP contribution in [0.25, 0.3) is 0 Å². The second-order valence-corrected chi connectivity index (χ2v) is 5.85. The van der Waals surface area contributed by atoms with Crippen molar-refractivity contribution in [2.45, 2.75) is 33.2 Å². The van der Waals surface area contributed by atoms with Crippen LogP contribution >= 0.6 is 0 Å². The summed E-state index contributed by atoms with van der Waals surface area (Å²) in [5, 5.41) is 0. The molecule has 1 heterocycles. The summed E-state index contributed by atoms with van der Waals surface area (Å²) in [5.74, 6) is 1.11. The quantitative estimate of drug-likeness (QED) is 0.872. The van der Waals surface area contributed by atoms with Gasteiger partial charge in [0.05, 0.1) is 5.69 Å². The Hall–Kier alpha value is -1.09. The molecule has 1 aliphatic rings. The van der Waals surface area contributed by atoms with E-state index >= 15 is 0 Å². The van der Waals surface area contributed by atoms with Gasteiger partial charge in [0.25, 0.3) is 0 Å². The summed E-state index contributed by atoms with van der Waals surface area (Å²) in [7, 11) is 0. The van der Waals surface area contributed by atoms with Gasteiger partial charge >= 0.3 is 0 Å². The smallest absolute Gasteiger partial charge is 0.146 e. The molecule has 3 heteroatoms. The van der Waals surface area contributed by atoms with E-state index in [0.29, 0.717) is 11.8 Å². The number of benzene rings is 1. The fourth-order valence-corrected chi connectivity index (χ4v) is 2.92. The van der Waals surface area contributed by atoms with E-state index in [2.05, 4.69) is 18.7 Å². The highest BCUT2D eigenvalue weighted by Crippen LogP contribution is 2.29. The zero-order valence-corrected chi connectivity index (χ0v) is 11.5. The van der Waals surface area contributed by atoms with Gasteiger partial charge in [0.15, 0.2) is 0 Å². The molecular weight excluding hydrogens is 227 g/mol. The first-order valence-electron chi connectivity index (χ1n) is 6.77. The van der Waals surface area contributed by atoms with Gasteiger partial charge in [-0.05, 0) is 42.9 Å². The van der Waals surface area contributed by atoms with Crippen molar-refractivity contribution < 1.29 is 4.39 Å². The minimum absolute atomic E-state index is 0.118. The summed E-state index contributed by atoms with van der Waals surface area (Å²) in [5.41, 5.74) is 7.35. The van der Waals surface area contributed by atoms with Crippen molar-refractivity contribution in [2.24, 2.45) is 17.6 Å². The fraction of sp³-hybridized carbons (Fsp3) is 0.600. The maximum atomic E-state index is 14.2. The number of nitrogens with zero attached hydrogens (tertiary/aromatic N) is 1. The largest absolute Gasteiger partial charge is 0.369 e. The highest BCUT2D eigenvalue weighted by Gasteiger charge is 2.23. The summed E-state index contributed by atoms with van der Waals surface area (Å²) in [6, 6.07) is 5.27. The second-order valence-electron chi connectivity index (χ2n) is 5.85. The van der Waals surface area contributed by atoms with E-state index in [1.807, 2.05) is 19.1 Å². The van der Waals surface area contributed by atoms with Crippen molar-refractivity contribution in [3.63, 3.8) is 0 Å². The van der Waals surface area contributed by atoms with Crippen LogP contribution < -0.4 is 10.6 Å². The third-order valence-corrected chi connectivity index (χ3v) is 3.71. The Morgan fingerprint density at radius 3 is 2.39 bits per heavy atom. The Morgan fingerprint density at radius 2 is 1.89 bits per heavy atom. The lowest BCUT2D eigenvalue weighted by atomic mass is 9.91. The van der Waals surface area contributed by atoms with Gasteiger partial charge in [-0.25, -0.2) is 4.39 Å². The van der Waals surface area contributed by atoms with Crippen molar-refractivity contribution >= 4 is 5.69 Å². The molecule has 2 nitrogen and oxygen atoms in total. The topological polar surface area (TPSA) is 29.3 Å². The van der Waals surface area contributed by atoms with E-state index in [1.165, 1.54) is 6.42 Å². The lowest BCUT2D eigenvalue weighted by Gasteiger charge is -2.36. The number of hydrogen-bond acceptors (Lipinski definition) is 2. The predicted molar refractivity (Wildman–Crippen MR) is 74.2 cm³/mol. The first-order valence-corrected chi connectivity index (χ1v) is 6.77. The predicted octanol–water partition coefficient (Wildman–Crippen LogP) is 3.33. The van der Waals surface area contributed by atoms with E-state index < -0.39 is 0 Å². The van der Waals surface area contributed by atoms with Crippen LogP contribution in [-0.4, -0.2) is 13.1 Å². The summed E-state index contributed by atoms with van der Waals surface area (Å²) in [4.78, 5) is 2.17. The number of rotatable bonds is 2. The average Bonchev–Trinajstić information content (AvgIpc) is 2.27. The molecule has 2 unspecified atom stereocenters. The maximum absolute atomic E-state index is 14.2.